The maximum absolute atomic E-state index is 11.7. The molecule has 1 aliphatic heterocycles. The highest BCUT2D eigenvalue weighted by molar-refractivity contribution is 5.75. The Morgan fingerprint density at radius 3 is 2.55 bits per heavy atom. The van der Waals surface area contributed by atoms with Crippen LogP contribution in [0, 0.1) is 0 Å². The van der Waals surface area contributed by atoms with Gasteiger partial charge in [-0.3, -0.25) is 9.59 Å². The van der Waals surface area contributed by atoms with Crippen molar-refractivity contribution in [2.24, 2.45) is 0 Å². The normalized spacial score (nSPS) is 14.0. The van der Waals surface area contributed by atoms with Gasteiger partial charge in [0.1, 0.15) is 0 Å². The highest BCUT2D eigenvalue weighted by Gasteiger charge is 2.20. The number of carbonyl (C=O) groups is 2. The molecule has 0 aromatic carbocycles. The molecule has 0 unspecified atom stereocenters. The zero-order valence-electron chi connectivity index (χ0n) is 14.4. The highest BCUT2D eigenvalue weighted by atomic mass is 16.5. The standard InChI is InChI=1S/C16H30N3O3/c1-5-7-16(21)17(4)8-6-9-18(14(2)20)10-11-19-12-13-22-15(19)3/h5-13H2,1-4H3/q+1. The van der Waals surface area contributed by atoms with Crippen LogP contribution >= 0.6 is 0 Å². The van der Waals surface area contributed by atoms with Crippen LogP contribution in [0.15, 0.2) is 0 Å². The van der Waals surface area contributed by atoms with E-state index in [1.807, 2.05) is 25.8 Å². The van der Waals surface area contributed by atoms with Crippen LogP contribution in [-0.4, -0.2) is 78.5 Å². The molecule has 1 heterocycles. The van der Waals surface area contributed by atoms with Crippen molar-refractivity contribution in [2.75, 3.05) is 46.4 Å². The van der Waals surface area contributed by atoms with E-state index in [0.717, 1.165) is 38.4 Å². The summed E-state index contributed by atoms with van der Waals surface area (Å²) in [7, 11) is 1.83. The quantitative estimate of drug-likeness (QED) is 0.596. The van der Waals surface area contributed by atoms with Crippen molar-refractivity contribution < 1.29 is 18.9 Å². The summed E-state index contributed by atoms with van der Waals surface area (Å²) in [5.74, 6) is 1.20. The first-order valence-corrected chi connectivity index (χ1v) is 8.16. The third-order valence-electron chi connectivity index (χ3n) is 4.01. The van der Waals surface area contributed by atoms with E-state index in [4.69, 9.17) is 4.74 Å². The van der Waals surface area contributed by atoms with Crippen LogP contribution in [0.25, 0.3) is 0 Å². The lowest BCUT2D eigenvalue weighted by Gasteiger charge is -2.22. The van der Waals surface area contributed by atoms with E-state index in [0.29, 0.717) is 26.1 Å². The fourth-order valence-electron chi connectivity index (χ4n) is 2.52. The molecule has 6 nitrogen and oxygen atoms in total. The van der Waals surface area contributed by atoms with Gasteiger partial charge in [0.2, 0.25) is 11.8 Å². The maximum Gasteiger partial charge on any atom is 0.333 e. The van der Waals surface area contributed by atoms with E-state index in [1.165, 1.54) is 0 Å². The molecule has 2 amide bonds. The average Bonchev–Trinajstić information content (AvgIpc) is 2.87. The minimum absolute atomic E-state index is 0.0836. The molecule has 0 aromatic rings. The second kappa shape index (κ2) is 9.43. The van der Waals surface area contributed by atoms with Crippen molar-refractivity contribution in [3.05, 3.63) is 0 Å². The lowest BCUT2D eigenvalue weighted by Crippen LogP contribution is -2.37. The molecule has 22 heavy (non-hydrogen) atoms. The predicted octanol–water partition coefficient (Wildman–Crippen LogP) is 0.945. The van der Waals surface area contributed by atoms with Gasteiger partial charge >= 0.3 is 5.90 Å². The molecule has 0 saturated carbocycles. The molecule has 0 spiro atoms. The maximum atomic E-state index is 11.7. The molecular formula is C16H30N3O3+. The number of hydrogen-bond donors (Lipinski definition) is 0. The molecule has 0 N–H and O–H groups in total. The Labute approximate surface area is 133 Å². The van der Waals surface area contributed by atoms with Gasteiger partial charge in [-0.15, -0.1) is 0 Å². The molecule has 0 fully saturated rings. The van der Waals surface area contributed by atoms with E-state index in [9.17, 15) is 9.59 Å². The fourth-order valence-corrected chi connectivity index (χ4v) is 2.52. The summed E-state index contributed by atoms with van der Waals surface area (Å²) in [5, 5.41) is 0. The number of ether oxygens (including phenoxy) is 1. The molecule has 126 valence electrons. The second-order valence-electron chi connectivity index (χ2n) is 5.78. The molecule has 0 bridgehead atoms. The first kappa shape index (κ1) is 18.5. The SMILES string of the molecule is CCCC(=O)N(C)CCCN(CC[N+]1=C(C)OCC1)C(C)=O. The van der Waals surface area contributed by atoms with E-state index in [2.05, 4.69) is 4.58 Å². The largest absolute Gasteiger partial charge is 0.442 e. The van der Waals surface area contributed by atoms with Gasteiger partial charge in [0.15, 0.2) is 19.7 Å². The number of hydrogen-bond acceptors (Lipinski definition) is 3. The first-order valence-electron chi connectivity index (χ1n) is 8.16. The van der Waals surface area contributed by atoms with Gasteiger partial charge in [0.05, 0.1) is 13.5 Å². The molecule has 0 aromatic heterocycles. The van der Waals surface area contributed by atoms with Crippen LogP contribution in [0.1, 0.15) is 40.0 Å². The molecule has 6 heteroatoms. The van der Waals surface area contributed by atoms with Crippen LogP contribution < -0.4 is 0 Å². The summed E-state index contributed by atoms with van der Waals surface area (Å²) in [5.41, 5.74) is 0. The van der Waals surface area contributed by atoms with Gasteiger partial charge in [-0.1, -0.05) is 6.92 Å². The van der Waals surface area contributed by atoms with Crippen molar-refractivity contribution >= 4 is 17.7 Å². The van der Waals surface area contributed by atoms with Gasteiger partial charge in [-0.2, -0.15) is 4.58 Å². The summed E-state index contributed by atoms with van der Waals surface area (Å²) in [4.78, 5) is 27.1. The van der Waals surface area contributed by atoms with Gasteiger partial charge in [0, 0.05) is 33.5 Å². The van der Waals surface area contributed by atoms with Crippen LogP contribution in [0.3, 0.4) is 0 Å². The van der Waals surface area contributed by atoms with Gasteiger partial charge in [-0.05, 0) is 12.8 Å². The van der Waals surface area contributed by atoms with Crippen molar-refractivity contribution in [1.29, 1.82) is 0 Å². The van der Waals surface area contributed by atoms with Gasteiger partial charge in [-0.25, -0.2) is 0 Å². The lowest BCUT2D eigenvalue weighted by atomic mass is 10.3. The summed E-state index contributed by atoms with van der Waals surface area (Å²) >= 11 is 0. The minimum Gasteiger partial charge on any atom is -0.442 e. The summed E-state index contributed by atoms with van der Waals surface area (Å²) in [6, 6.07) is 0. The molecule has 1 rings (SSSR count). The summed E-state index contributed by atoms with van der Waals surface area (Å²) in [6.07, 6.45) is 2.28. The average molecular weight is 312 g/mol. The number of amides is 2. The Kier molecular flexibility index (Phi) is 7.91. The van der Waals surface area contributed by atoms with E-state index >= 15 is 0 Å². The molecule has 0 atom stereocenters. The Morgan fingerprint density at radius 2 is 2.00 bits per heavy atom. The molecule has 0 saturated heterocycles. The predicted molar refractivity (Wildman–Crippen MR) is 86.0 cm³/mol. The van der Waals surface area contributed by atoms with E-state index in [-0.39, 0.29) is 11.8 Å². The number of nitrogens with zero attached hydrogens (tertiary/aromatic N) is 3. The second-order valence-corrected chi connectivity index (χ2v) is 5.78. The van der Waals surface area contributed by atoms with Crippen LogP contribution in [0.5, 0.6) is 0 Å². The van der Waals surface area contributed by atoms with E-state index < -0.39 is 0 Å². The van der Waals surface area contributed by atoms with Crippen molar-refractivity contribution in [3.63, 3.8) is 0 Å². The zero-order chi connectivity index (χ0) is 16.5. The van der Waals surface area contributed by atoms with Crippen LogP contribution in [0.4, 0.5) is 0 Å². The van der Waals surface area contributed by atoms with Crippen molar-refractivity contribution in [3.8, 4) is 0 Å². The molecule has 1 aliphatic rings. The fraction of sp³-hybridized carbons (Fsp3) is 0.812. The van der Waals surface area contributed by atoms with Gasteiger partial charge < -0.3 is 14.5 Å². The monoisotopic (exact) mass is 312 g/mol. The number of rotatable bonds is 9. The Balaban J connectivity index is 2.34. The summed E-state index contributed by atoms with van der Waals surface area (Å²) < 4.78 is 7.57. The first-order chi connectivity index (χ1) is 10.5. The molecule has 0 aliphatic carbocycles. The van der Waals surface area contributed by atoms with Crippen LogP contribution in [-0.2, 0) is 14.3 Å². The highest BCUT2D eigenvalue weighted by Crippen LogP contribution is 2.00. The Morgan fingerprint density at radius 1 is 1.27 bits per heavy atom. The summed E-state index contributed by atoms with van der Waals surface area (Å²) in [6.45, 7) is 10.1. The molecule has 0 radical (unpaired) electrons. The zero-order valence-corrected chi connectivity index (χ0v) is 14.4. The lowest BCUT2D eigenvalue weighted by molar-refractivity contribution is -0.518. The number of carbonyl (C=O) groups excluding carboxylic acids is 2. The smallest absolute Gasteiger partial charge is 0.333 e. The third kappa shape index (κ3) is 6.03. The Bertz CT molecular complexity index is 421. The minimum atomic E-state index is 0.0836. The van der Waals surface area contributed by atoms with Gasteiger partial charge in [0.25, 0.3) is 0 Å². The van der Waals surface area contributed by atoms with Crippen LogP contribution in [0.2, 0.25) is 0 Å². The third-order valence-corrected chi connectivity index (χ3v) is 4.01. The van der Waals surface area contributed by atoms with E-state index in [1.54, 1.807) is 11.8 Å². The molecular weight excluding hydrogens is 282 g/mol. The van der Waals surface area contributed by atoms with Crippen molar-refractivity contribution in [2.45, 2.75) is 40.0 Å². The van der Waals surface area contributed by atoms with Crippen molar-refractivity contribution in [1.82, 2.24) is 9.80 Å². The Hall–Kier alpha value is -1.59. The topological polar surface area (TPSA) is 52.9 Å².